The van der Waals surface area contributed by atoms with Crippen molar-refractivity contribution in [3.63, 3.8) is 0 Å². The molecular weight excluding hydrogens is 302 g/mol. The van der Waals surface area contributed by atoms with Crippen LogP contribution in [-0.2, 0) is 6.54 Å². The summed E-state index contributed by atoms with van der Waals surface area (Å²) in [6, 6.07) is 8.24. The molecule has 1 aromatic carbocycles. The highest BCUT2D eigenvalue weighted by Gasteiger charge is 2.14. The van der Waals surface area contributed by atoms with Gasteiger partial charge in [0.05, 0.1) is 11.0 Å². The third-order valence-electron chi connectivity index (χ3n) is 2.81. The summed E-state index contributed by atoms with van der Waals surface area (Å²) in [4.78, 5) is 10.3. The quantitative estimate of drug-likeness (QED) is 0.256. The van der Waals surface area contributed by atoms with Gasteiger partial charge < -0.3 is 0 Å². The van der Waals surface area contributed by atoms with E-state index in [1.807, 2.05) is 4.57 Å². The van der Waals surface area contributed by atoms with Gasteiger partial charge in [-0.2, -0.15) is 5.26 Å². The molecule has 2 rings (SSSR count). The molecule has 2 aromatic rings. The molecule has 0 fully saturated rings. The molecular formula is C14H13N5O2S. The van der Waals surface area contributed by atoms with Gasteiger partial charge in [0.1, 0.15) is 0 Å². The second-order valence-electron chi connectivity index (χ2n) is 4.27. The van der Waals surface area contributed by atoms with Gasteiger partial charge in [-0.1, -0.05) is 17.8 Å². The Labute approximate surface area is 131 Å². The van der Waals surface area contributed by atoms with E-state index in [4.69, 9.17) is 5.26 Å². The number of rotatable bonds is 7. The molecule has 0 bridgehead atoms. The number of hydrogen-bond acceptors (Lipinski definition) is 6. The van der Waals surface area contributed by atoms with Crippen LogP contribution in [-0.4, -0.2) is 25.4 Å². The number of allylic oxidation sites excluding steroid dienone is 1. The number of aromatic nitrogens is 3. The maximum absolute atomic E-state index is 10.7. The Morgan fingerprint density at radius 3 is 2.73 bits per heavy atom. The summed E-state index contributed by atoms with van der Waals surface area (Å²) in [6.45, 7) is 4.24. The molecule has 1 heterocycles. The van der Waals surface area contributed by atoms with Gasteiger partial charge in [0.2, 0.25) is 0 Å². The van der Waals surface area contributed by atoms with Crippen LogP contribution in [0.3, 0.4) is 0 Å². The Kier molecular flexibility index (Phi) is 5.27. The predicted molar refractivity (Wildman–Crippen MR) is 83.3 cm³/mol. The maximum atomic E-state index is 10.7. The van der Waals surface area contributed by atoms with Crippen molar-refractivity contribution < 1.29 is 4.92 Å². The number of thioether (sulfide) groups is 1. The van der Waals surface area contributed by atoms with Crippen LogP contribution in [0.5, 0.6) is 0 Å². The lowest BCUT2D eigenvalue weighted by molar-refractivity contribution is -0.384. The van der Waals surface area contributed by atoms with E-state index in [2.05, 4.69) is 22.8 Å². The van der Waals surface area contributed by atoms with Gasteiger partial charge in [0.25, 0.3) is 5.69 Å². The molecule has 0 spiro atoms. The van der Waals surface area contributed by atoms with Gasteiger partial charge in [-0.25, -0.2) is 0 Å². The minimum Gasteiger partial charge on any atom is -0.298 e. The van der Waals surface area contributed by atoms with E-state index in [1.165, 1.54) is 23.9 Å². The summed E-state index contributed by atoms with van der Waals surface area (Å²) in [5, 5.41) is 28.3. The molecule has 1 aromatic heterocycles. The Morgan fingerprint density at radius 1 is 1.41 bits per heavy atom. The van der Waals surface area contributed by atoms with E-state index < -0.39 is 4.92 Å². The number of nitriles is 1. The van der Waals surface area contributed by atoms with Crippen LogP contribution in [0.15, 0.2) is 42.1 Å². The number of benzene rings is 1. The molecule has 0 unspecified atom stereocenters. The van der Waals surface area contributed by atoms with Crippen LogP contribution < -0.4 is 0 Å². The zero-order valence-corrected chi connectivity index (χ0v) is 12.5. The monoisotopic (exact) mass is 315 g/mol. The number of hydrogen-bond donors (Lipinski definition) is 0. The van der Waals surface area contributed by atoms with Crippen molar-refractivity contribution in [2.75, 3.05) is 5.75 Å². The zero-order valence-electron chi connectivity index (χ0n) is 11.7. The third-order valence-corrected chi connectivity index (χ3v) is 3.78. The molecule has 0 saturated carbocycles. The van der Waals surface area contributed by atoms with Gasteiger partial charge in [-0.15, -0.1) is 16.8 Å². The molecule has 0 radical (unpaired) electrons. The van der Waals surface area contributed by atoms with Crippen LogP contribution in [0.2, 0.25) is 0 Å². The summed E-state index contributed by atoms with van der Waals surface area (Å²) in [5.74, 6) is 1.25. The average molecular weight is 315 g/mol. The molecule has 0 amide bonds. The summed E-state index contributed by atoms with van der Waals surface area (Å²) in [7, 11) is 0. The van der Waals surface area contributed by atoms with E-state index in [9.17, 15) is 10.1 Å². The average Bonchev–Trinajstić information content (AvgIpc) is 2.91. The largest absolute Gasteiger partial charge is 0.298 e. The molecule has 22 heavy (non-hydrogen) atoms. The van der Waals surface area contributed by atoms with Crippen molar-refractivity contribution in [2.45, 2.75) is 18.1 Å². The Bertz CT molecular complexity index is 718. The van der Waals surface area contributed by atoms with Gasteiger partial charge in [0, 0.05) is 36.4 Å². The second-order valence-corrected chi connectivity index (χ2v) is 5.33. The lowest BCUT2D eigenvalue weighted by Crippen LogP contribution is -2.01. The fraction of sp³-hybridized carbons (Fsp3) is 0.214. The highest BCUT2D eigenvalue weighted by Crippen LogP contribution is 2.25. The highest BCUT2D eigenvalue weighted by atomic mass is 32.2. The Balaban J connectivity index is 2.31. The van der Waals surface area contributed by atoms with Crippen LogP contribution in [0.1, 0.15) is 6.42 Å². The second kappa shape index (κ2) is 7.38. The lowest BCUT2D eigenvalue weighted by Gasteiger charge is -2.07. The molecule has 0 aliphatic rings. The Morgan fingerprint density at radius 2 is 2.14 bits per heavy atom. The molecule has 0 aliphatic carbocycles. The van der Waals surface area contributed by atoms with Crippen LogP contribution in [0.4, 0.5) is 5.69 Å². The third kappa shape index (κ3) is 3.51. The zero-order chi connectivity index (χ0) is 15.9. The fourth-order valence-corrected chi connectivity index (χ4v) is 2.61. The van der Waals surface area contributed by atoms with Crippen molar-refractivity contribution in [3.05, 3.63) is 47.0 Å². The molecule has 0 atom stereocenters. The molecule has 112 valence electrons. The highest BCUT2D eigenvalue weighted by molar-refractivity contribution is 7.99. The van der Waals surface area contributed by atoms with E-state index in [1.54, 1.807) is 18.2 Å². The molecule has 0 saturated heterocycles. The number of nitrogens with zero attached hydrogens (tertiary/aromatic N) is 5. The van der Waals surface area contributed by atoms with Crippen molar-refractivity contribution in [3.8, 4) is 17.5 Å². The summed E-state index contributed by atoms with van der Waals surface area (Å²) in [5.41, 5.74) is 0.772. The summed E-state index contributed by atoms with van der Waals surface area (Å²) in [6.07, 6.45) is 2.16. The number of nitro groups is 1. The van der Waals surface area contributed by atoms with Gasteiger partial charge in [0.15, 0.2) is 11.0 Å². The Hall–Kier alpha value is -2.66. The van der Waals surface area contributed by atoms with E-state index in [0.29, 0.717) is 29.7 Å². The van der Waals surface area contributed by atoms with Crippen LogP contribution in [0, 0.1) is 21.4 Å². The van der Waals surface area contributed by atoms with Crippen LogP contribution in [0.25, 0.3) is 11.4 Å². The van der Waals surface area contributed by atoms with Crippen molar-refractivity contribution >= 4 is 17.4 Å². The first kappa shape index (κ1) is 15.7. The normalized spacial score (nSPS) is 10.1. The van der Waals surface area contributed by atoms with Crippen molar-refractivity contribution in [2.24, 2.45) is 0 Å². The molecule has 7 nitrogen and oxygen atoms in total. The minimum absolute atomic E-state index is 0.0298. The predicted octanol–water partition coefficient (Wildman–Crippen LogP) is 3.05. The topological polar surface area (TPSA) is 97.6 Å². The lowest BCUT2D eigenvalue weighted by atomic mass is 10.2. The smallest absolute Gasteiger partial charge is 0.269 e. The first-order valence-corrected chi connectivity index (χ1v) is 7.44. The fourth-order valence-electron chi connectivity index (χ4n) is 1.82. The van der Waals surface area contributed by atoms with E-state index >= 15 is 0 Å². The number of non-ortho nitro benzene ring substituents is 1. The standard InChI is InChI=1S/C14H13N5O2S/c1-2-9-18-13(16-17-14(18)22-10-3-8-15)11-4-6-12(7-5-11)19(20)21/h2,4-7H,1,3,9-10H2. The molecule has 0 aliphatic heterocycles. The first-order chi connectivity index (χ1) is 10.7. The van der Waals surface area contributed by atoms with Gasteiger partial charge in [-0.05, 0) is 12.1 Å². The number of nitro benzene ring substituents is 1. The van der Waals surface area contributed by atoms with Crippen molar-refractivity contribution in [1.29, 1.82) is 5.26 Å². The summed E-state index contributed by atoms with van der Waals surface area (Å²) >= 11 is 1.45. The van der Waals surface area contributed by atoms with Crippen LogP contribution >= 0.6 is 11.8 Å². The van der Waals surface area contributed by atoms with Gasteiger partial charge in [-0.3, -0.25) is 14.7 Å². The first-order valence-electron chi connectivity index (χ1n) is 6.46. The molecule has 0 N–H and O–H groups in total. The maximum Gasteiger partial charge on any atom is 0.269 e. The minimum atomic E-state index is -0.443. The van der Waals surface area contributed by atoms with E-state index in [-0.39, 0.29) is 5.69 Å². The SMILES string of the molecule is C=CCn1c(SCCC#N)nnc1-c1ccc([N+](=O)[O-])cc1. The van der Waals surface area contributed by atoms with Crippen molar-refractivity contribution in [1.82, 2.24) is 14.8 Å². The van der Waals surface area contributed by atoms with E-state index in [0.717, 1.165) is 5.56 Å². The molecule has 8 heteroatoms. The summed E-state index contributed by atoms with van der Waals surface area (Å²) < 4.78 is 1.87. The van der Waals surface area contributed by atoms with Gasteiger partial charge >= 0.3 is 0 Å².